The second kappa shape index (κ2) is 9.24. The molecular formula is C24H27N3O3. The third kappa shape index (κ3) is 4.45. The second-order valence-corrected chi connectivity index (χ2v) is 7.43. The molecule has 0 radical (unpaired) electrons. The highest BCUT2D eigenvalue weighted by Gasteiger charge is 2.27. The van der Waals surface area contributed by atoms with Crippen LogP contribution in [0.25, 0.3) is 11.3 Å². The third-order valence-corrected chi connectivity index (χ3v) is 5.36. The first kappa shape index (κ1) is 20.3. The molecule has 0 spiro atoms. The largest absolute Gasteiger partial charge is 0.497 e. The molecular weight excluding hydrogens is 378 g/mol. The molecule has 0 N–H and O–H groups in total. The zero-order valence-corrected chi connectivity index (χ0v) is 17.7. The van der Waals surface area contributed by atoms with Gasteiger partial charge in [-0.05, 0) is 30.7 Å². The zero-order chi connectivity index (χ0) is 20.9. The van der Waals surface area contributed by atoms with E-state index in [9.17, 15) is 0 Å². The summed E-state index contributed by atoms with van der Waals surface area (Å²) in [5.74, 6) is 1.72. The number of rotatable bonds is 6. The number of benzene rings is 2. The fraction of sp³-hybridized carbons (Fsp3) is 0.333. The van der Waals surface area contributed by atoms with Gasteiger partial charge in [0.1, 0.15) is 17.6 Å². The van der Waals surface area contributed by atoms with Crippen LogP contribution in [0.4, 0.5) is 0 Å². The summed E-state index contributed by atoms with van der Waals surface area (Å²) in [5, 5.41) is 0. The Bertz CT molecular complexity index is 1010. The summed E-state index contributed by atoms with van der Waals surface area (Å²) in [6, 6.07) is 14.2. The van der Waals surface area contributed by atoms with Crippen LogP contribution < -0.4 is 9.47 Å². The van der Waals surface area contributed by atoms with E-state index < -0.39 is 0 Å². The van der Waals surface area contributed by atoms with Gasteiger partial charge in [0.2, 0.25) is 0 Å². The molecule has 4 rings (SSSR count). The van der Waals surface area contributed by atoms with Gasteiger partial charge in [-0.3, -0.25) is 14.9 Å². The number of hydrogen-bond acceptors (Lipinski definition) is 6. The molecule has 1 aromatic heterocycles. The van der Waals surface area contributed by atoms with Gasteiger partial charge in [-0.15, -0.1) is 0 Å². The van der Waals surface area contributed by atoms with Crippen LogP contribution in [-0.2, 0) is 11.3 Å². The predicted molar refractivity (Wildman–Crippen MR) is 116 cm³/mol. The molecule has 0 aliphatic carbocycles. The van der Waals surface area contributed by atoms with Crippen molar-refractivity contribution in [3.8, 4) is 22.8 Å². The molecule has 0 saturated carbocycles. The number of nitrogens with zero attached hydrogens (tertiary/aromatic N) is 3. The average molecular weight is 405 g/mol. The minimum atomic E-state index is -0.148. The number of aromatic nitrogens is 2. The summed E-state index contributed by atoms with van der Waals surface area (Å²) in [5.41, 5.74) is 5.02. The standard InChI is InChI=1S/C24H27N3O3/c1-17-7-8-19(21(13-17)29-3)15-27-11-12-30-22(16-27)24-23(25-9-10-26-24)18-5-4-6-20(14-18)28-2/h4-10,13-14,22H,11-12,15-16H2,1-3H3. The van der Waals surface area contributed by atoms with Gasteiger partial charge in [0, 0.05) is 43.2 Å². The van der Waals surface area contributed by atoms with Gasteiger partial charge in [0.15, 0.2) is 0 Å². The van der Waals surface area contributed by atoms with E-state index in [1.54, 1.807) is 26.6 Å². The van der Waals surface area contributed by atoms with Gasteiger partial charge in [-0.1, -0.05) is 24.3 Å². The van der Waals surface area contributed by atoms with Crippen LogP contribution in [0, 0.1) is 6.92 Å². The molecule has 1 atom stereocenters. The van der Waals surface area contributed by atoms with E-state index in [1.807, 2.05) is 24.3 Å². The zero-order valence-electron chi connectivity index (χ0n) is 17.7. The SMILES string of the molecule is COc1cccc(-c2nccnc2C2CN(Cc3ccc(C)cc3OC)CCO2)c1. The van der Waals surface area contributed by atoms with Crippen molar-refractivity contribution in [1.29, 1.82) is 0 Å². The van der Waals surface area contributed by atoms with Crippen molar-refractivity contribution in [2.75, 3.05) is 33.9 Å². The number of aryl methyl sites for hydroxylation is 1. The van der Waals surface area contributed by atoms with Gasteiger partial charge >= 0.3 is 0 Å². The molecule has 1 aliphatic heterocycles. The molecule has 1 aliphatic rings. The summed E-state index contributed by atoms with van der Waals surface area (Å²) >= 11 is 0. The minimum absolute atomic E-state index is 0.148. The molecule has 0 amide bonds. The smallest absolute Gasteiger partial charge is 0.123 e. The summed E-state index contributed by atoms with van der Waals surface area (Å²) in [4.78, 5) is 11.6. The molecule has 1 unspecified atom stereocenters. The van der Waals surface area contributed by atoms with E-state index in [1.165, 1.54) is 11.1 Å². The van der Waals surface area contributed by atoms with Crippen LogP contribution in [0.5, 0.6) is 11.5 Å². The highest BCUT2D eigenvalue weighted by atomic mass is 16.5. The Hall–Kier alpha value is -2.96. The summed E-state index contributed by atoms with van der Waals surface area (Å²) in [6.07, 6.45) is 3.30. The Morgan fingerprint density at radius 1 is 1.07 bits per heavy atom. The normalized spacial score (nSPS) is 17.0. The molecule has 156 valence electrons. The van der Waals surface area contributed by atoms with Crippen LogP contribution >= 0.6 is 0 Å². The van der Waals surface area contributed by atoms with E-state index in [4.69, 9.17) is 14.2 Å². The van der Waals surface area contributed by atoms with Crippen molar-refractivity contribution in [2.45, 2.75) is 19.6 Å². The Morgan fingerprint density at radius 2 is 1.93 bits per heavy atom. The van der Waals surface area contributed by atoms with Gasteiger partial charge in [0.05, 0.1) is 32.2 Å². The summed E-state index contributed by atoms with van der Waals surface area (Å²) in [6.45, 7) is 5.13. The lowest BCUT2D eigenvalue weighted by molar-refractivity contribution is -0.0350. The fourth-order valence-electron chi connectivity index (χ4n) is 3.81. The first-order chi connectivity index (χ1) is 14.7. The van der Waals surface area contributed by atoms with E-state index in [0.717, 1.165) is 48.1 Å². The van der Waals surface area contributed by atoms with Crippen LogP contribution in [0.2, 0.25) is 0 Å². The highest BCUT2D eigenvalue weighted by Crippen LogP contribution is 2.31. The molecule has 6 heteroatoms. The van der Waals surface area contributed by atoms with Crippen molar-refractivity contribution in [2.24, 2.45) is 0 Å². The Morgan fingerprint density at radius 3 is 2.77 bits per heavy atom. The Labute approximate surface area is 177 Å². The first-order valence-electron chi connectivity index (χ1n) is 10.1. The fourth-order valence-corrected chi connectivity index (χ4v) is 3.81. The monoisotopic (exact) mass is 405 g/mol. The number of morpholine rings is 1. The van der Waals surface area contributed by atoms with Gasteiger partial charge in [-0.25, -0.2) is 0 Å². The maximum absolute atomic E-state index is 6.12. The van der Waals surface area contributed by atoms with Crippen molar-refractivity contribution in [3.63, 3.8) is 0 Å². The van der Waals surface area contributed by atoms with E-state index >= 15 is 0 Å². The average Bonchev–Trinajstić information content (AvgIpc) is 2.80. The highest BCUT2D eigenvalue weighted by molar-refractivity contribution is 5.63. The lowest BCUT2D eigenvalue weighted by Gasteiger charge is -2.33. The van der Waals surface area contributed by atoms with Gasteiger partial charge < -0.3 is 14.2 Å². The molecule has 2 aromatic carbocycles. The summed E-state index contributed by atoms with van der Waals surface area (Å²) in [7, 11) is 3.39. The van der Waals surface area contributed by atoms with E-state index in [-0.39, 0.29) is 6.10 Å². The first-order valence-corrected chi connectivity index (χ1v) is 10.1. The molecule has 1 saturated heterocycles. The van der Waals surface area contributed by atoms with Crippen LogP contribution in [-0.4, -0.2) is 48.8 Å². The molecule has 30 heavy (non-hydrogen) atoms. The maximum atomic E-state index is 6.12. The number of methoxy groups -OCH3 is 2. The van der Waals surface area contributed by atoms with Crippen molar-refractivity contribution in [1.82, 2.24) is 14.9 Å². The Kier molecular flexibility index (Phi) is 6.26. The molecule has 3 aromatic rings. The van der Waals surface area contributed by atoms with Crippen LogP contribution in [0.15, 0.2) is 54.9 Å². The molecule has 1 fully saturated rings. The molecule has 0 bridgehead atoms. The number of hydrogen-bond donors (Lipinski definition) is 0. The maximum Gasteiger partial charge on any atom is 0.123 e. The van der Waals surface area contributed by atoms with E-state index in [0.29, 0.717) is 6.61 Å². The van der Waals surface area contributed by atoms with Gasteiger partial charge in [-0.2, -0.15) is 0 Å². The molecule has 2 heterocycles. The lowest BCUT2D eigenvalue weighted by Crippen LogP contribution is -2.38. The van der Waals surface area contributed by atoms with Crippen molar-refractivity contribution >= 4 is 0 Å². The van der Waals surface area contributed by atoms with Gasteiger partial charge in [0.25, 0.3) is 0 Å². The third-order valence-electron chi connectivity index (χ3n) is 5.36. The Balaban J connectivity index is 1.57. The topological polar surface area (TPSA) is 56.7 Å². The predicted octanol–water partition coefficient (Wildman–Crippen LogP) is 4.04. The van der Waals surface area contributed by atoms with Crippen molar-refractivity contribution in [3.05, 3.63) is 71.7 Å². The number of ether oxygens (including phenoxy) is 3. The second-order valence-electron chi connectivity index (χ2n) is 7.43. The molecule has 6 nitrogen and oxygen atoms in total. The van der Waals surface area contributed by atoms with Crippen LogP contribution in [0.1, 0.15) is 22.9 Å². The van der Waals surface area contributed by atoms with Crippen molar-refractivity contribution < 1.29 is 14.2 Å². The minimum Gasteiger partial charge on any atom is -0.497 e. The summed E-state index contributed by atoms with van der Waals surface area (Å²) < 4.78 is 17.1. The van der Waals surface area contributed by atoms with Crippen LogP contribution in [0.3, 0.4) is 0 Å². The quantitative estimate of drug-likeness (QED) is 0.617. The lowest BCUT2D eigenvalue weighted by atomic mass is 10.0. The van der Waals surface area contributed by atoms with E-state index in [2.05, 4.69) is 40.0 Å².